The van der Waals surface area contributed by atoms with Crippen molar-refractivity contribution in [2.24, 2.45) is 11.8 Å². The summed E-state index contributed by atoms with van der Waals surface area (Å²) in [7, 11) is 0. The molecule has 0 spiro atoms. The molecule has 1 aliphatic carbocycles. The lowest BCUT2D eigenvalue weighted by Crippen LogP contribution is -2.39. The van der Waals surface area contributed by atoms with Crippen LogP contribution >= 0.6 is 11.6 Å². The van der Waals surface area contributed by atoms with Crippen LogP contribution in [0.1, 0.15) is 18.4 Å². The molecule has 2 aromatic rings. The highest BCUT2D eigenvalue weighted by Crippen LogP contribution is 2.32. The summed E-state index contributed by atoms with van der Waals surface area (Å²) in [6, 6.07) is 11.1. The van der Waals surface area contributed by atoms with Gasteiger partial charge in [-0.2, -0.15) is 0 Å². The van der Waals surface area contributed by atoms with Crippen LogP contribution in [0.5, 0.6) is 0 Å². The molecule has 0 bridgehead atoms. The van der Waals surface area contributed by atoms with Crippen molar-refractivity contribution < 1.29 is 14.4 Å². The molecule has 0 unspecified atom stereocenters. The molecule has 2 atom stereocenters. The number of nitrogens with one attached hydrogen (secondary N) is 1. The molecule has 1 aromatic carbocycles. The van der Waals surface area contributed by atoms with E-state index in [4.69, 9.17) is 11.6 Å². The second kappa shape index (κ2) is 7.67. The van der Waals surface area contributed by atoms with Crippen LogP contribution in [-0.4, -0.2) is 40.2 Å². The average Bonchev–Trinajstić information content (AvgIpc) is 3.45. The number of halogens is 1. The van der Waals surface area contributed by atoms with Gasteiger partial charge in [0.1, 0.15) is 5.82 Å². The van der Waals surface area contributed by atoms with Gasteiger partial charge in [0.25, 0.3) is 5.91 Å². The third-order valence-corrected chi connectivity index (χ3v) is 5.29. The fourth-order valence-corrected chi connectivity index (χ4v) is 3.63. The van der Waals surface area contributed by atoms with E-state index in [0.29, 0.717) is 12.2 Å². The Kier molecular flexibility index (Phi) is 5.09. The van der Waals surface area contributed by atoms with Gasteiger partial charge in [-0.1, -0.05) is 30.3 Å². The smallest absolute Gasteiger partial charge is 0.287 e. The number of anilines is 1. The van der Waals surface area contributed by atoms with Gasteiger partial charge in [-0.15, -0.1) is 0 Å². The van der Waals surface area contributed by atoms with Crippen molar-refractivity contribution >= 4 is 35.0 Å². The monoisotopic (exact) mass is 398 g/mol. The highest BCUT2D eigenvalue weighted by molar-refractivity contribution is 6.38. The molecule has 0 radical (unpaired) electrons. The van der Waals surface area contributed by atoms with Crippen LogP contribution < -0.4 is 10.2 Å². The fourth-order valence-electron chi connectivity index (χ4n) is 3.48. The molecular formula is C20H19ClN4O3. The topological polar surface area (TPSA) is 92.3 Å². The molecule has 8 heteroatoms. The largest absolute Gasteiger partial charge is 0.347 e. The standard InChI is InChI=1S/C20H19ClN4O3/c21-20-22-9-8-16(24-20)25-11-15(17(26)18(27)23-13-6-7-13)14(19(25)28)10-12-4-2-1-3-5-12/h1-5,8-9,13-15H,6-7,10-11H2,(H,23,27)/t14-,15+/m1/s1. The van der Waals surface area contributed by atoms with Crippen molar-refractivity contribution in [3.8, 4) is 0 Å². The Bertz CT molecular complexity index is 917. The summed E-state index contributed by atoms with van der Waals surface area (Å²) in [5.74, 6) is -2.43. The lowest BCUT2D eigenvalue weighted by atomic mass is 9.86. The van der Waals surface area contributed by atoms with Crippen LogP contribution in [0, 0.1) is 11.8 Å². The summed E-state index contributed by atoms with van der Waals surface area (Å²) in [6.07, 6.45) is 3.62. The van der Waals surface area contributed by atoms with Gasteiger partial charge in [-0.05, 0) is 42.5 Å². The van der Waals surface area contributed by atoms with Gasteiger partial charge in [0, 0.05) is 18.8 Å². The van der Waals surface area contributed by atoms with Crippen molar-refractivity contribution in [3.63, 3.8) is 0 Å². The number of hydrogen-bond donors (Lipinski definition) is 1. The minimum atomic E-state index is -0.736. The van der Waals surface area contributed by atoms with Crippen LogP contribution in [0.4, 0.5) is 5.82 Å². The molecule has 144 valence electrons. The van der Waals surface area contributed by atoms with E-state index in [9.17, 15) is 14.4 Å². The molecule has 2 amide bonds. The number of amides is 2. The second-order valence-electron chi connectivity index (χ2n) is 7.15. The molecule has 1 N–H and O–H groups in total. The first-order valence-electron chi connectivity index (χ1n) is 9.21. The Labute approximate surface area is 167 Å². The Morgan fingerprint density at radius 2 is 1.93 bits per heavy atom. The molecule has 4 rings (SSSR count). The average molecular weight is 399 g/mol. The summed E-state index contributed by atoms with van der Waals surface area (Å²) < 4.78 is 0. The Balaban J connectivity index is 1.61. The fraction of sp³-hybridized carbons (Fsp3) is 0.350. The molecule has 2 fully saturated rings. The zero-order valence-corrected chi connectivity index (χ0v) is 15.8. The van der Waals surface area contributed by atoms with Crippen molar-refractivity contribution in [3.05, 3.63) is 53.4 Å². The maximum Gasteiger partial charge on any atom is 0.287 e. The minimum absolute atomic E-state index is 0.0196. The van der Waals surface area contributed by atoms with Gasteiger partial charge in [0.15, 0.2) is 0 Å². The summed E-state index contributed by atoms with van der Waals surface area (Å²) in [6.45, 7) is 0.0978. The summed E-state index contributed by atoms with van der Waals surface area (Å²) in [4.78, 5) is 47.7. The number of carbonyl (C=O) groups excluding carboxylic acids is 3. The number of nitrogens with zero attached hydrogens (tertiary/aromatic N) is 3. The highest BCUT2D eigenvalue weighted by Gasteiger charge is 2.47. The van der Waals surface area contributed by atoms with E-state index in [-0.39, 0.29) is 23.8 Å². The summed E-state index contributed by atoms with van der Waals surface area (Å²) in [5, 5.41) is 2.75. The molecule has 2 aliphatic rings. The SMILES string of the molecule is O=C(NC1CC1)C(=O)[C@H]1CN(c2ccnc(Cl)n2)C(=O)[C@@H]1Cc1ccccc1. The van der Waals surface area contributed by atoms with E-state index in [1.54, 1.807) is 6.07 Å². The molecule has 1 saturated carbocycles. The maximum atomic E-state index is 13.1. The van der Waals surface area contributed by atoms with Gasteiger partial charge in [-0.25, -0.2) is 9.97 Å². The van der Waals surface area contributed by atoms with Crippen molar-refractivity contribution in [2.75, 3.05) is 11.4 Å². The highest BCUT2D eigenvalue weighted by atomic mass is 35.5. The number of hydrogen-bond acceptors (Lipinski definition) is 5. The Hall–Kier alpha value is -2.80. The van der Waals surface area contributed by atoms with Crippen molar-refractivity contribution in [1.29, 1.82) is 0 Å². The number of benzene rings is 1. The van der Waals surface area contributed by atoms with E-state index in [1.807, 2.05) is 30.3 Å². The summed E-state index contributed by atoms with van der Waals surface area (Å²) in [5.41, 5.74) is 0.934. The lowest BCUT2D eigenvalue weighted by molar-refractivity contribution is -0.141. The van der Waals surface area contributed by atoms with E-state index in [1.165, 1.54) is 11.1 Å². The first-order valence-corrected chi connectivity index (χ1v) is 9.59. The van der Waals surface area contributed by atoms with Crippen molar-refractivity contribution in [2.45, 2.75) is 25.3 Å². The molecule has 7 nitrogen and oxygen atoms in total. The minimum Gasteiger partial charge on any atom is -0.347 e. The van der Waals surface area contributed by atoms with Gasteiger partial charge in [0.2, 0.25) is 17.0 Å². The maximum absolute atomic E-state index is 13.1. The van der Waals surface area contributed by atoms with E-state index in [2.05, 4.69) is 15.3 Å². The molecular weight excluding hydrogens is 380 g/mol. The van der Waals surface area contributed by atoms with Crippen LogP contribution in [0.2, 0.25) is 5.28 Å². The number of ketones is 1. The zero-order valence-electron chi connectivity index (χ0n) is 15.0. The zero-order chi connectivity index (χ0) is 19.7. The van der Waals surface area contributed by atoms with Crippen LogP contribution in [0.15, 0.2) is 42.6 Å². The number of rotatable bonds is 6. The quantitative estimate of drug-likeness (QED) is 0.591. The molecule has 1 aromatic heterocycles. The summed E-state index contributed by atoms with van der Waals surface area (Å²) >= 11 is 5.86. The molecule has 28 heavy (non-hydrogen) atoms. The lowest BCUT2D eigenvalue weighted by Gasteiger charge is -2.15. The normalized spacial score (nSPS) is 21.6. The van der Waals surface area contributed by atoms with Crippen molar-refractivity contribution in [1.82, 2.24) is 15.3 Å². The number of carbonyl (C=O) groups is 3. The molecule has 1 saturated heterocycles. The van der Waals surface area contributed by atoms with Gasteiger partial charge in [0.05, 0.1) is 11.8 Å². The van der Waals surface area contributed by atoms with Gasteiger partial charge < -0.3 is 5.32 Å². The van der Waals surface area contributed by atoms with Crippen LogP contribution in [0.25, 0.3) is 0 Å². The first kappa shape index (κ1) is 18.6. The van der Waals surface area contributed by atoms with E-state index >= 15 is 0 Å². The van der Waals surface area contributed by atoms with E-state index < -0.39 is 23.5 Å². The third-order valence-electron chi connectivity index (χ3n) is 5.11. The predicted octanol–water partition coefficient (Wildman–Crippen LogP) is 1.80. The Morgan fingerprint density at radius 3 is 2.61 bits per heavy atom. The molecule has 2 heterocycles. The predicted molar refractivity (Wildman–Crippen MR) is 103 cm³/mol. The van der Waals surface area contributed by atoms with E-state index in [0.717, 1.165) is 18.4 Å². The van der Waals surface area contributed by atoms with Crippen LogP contribution in [-0.2, 0) is 20.8 Å². The molecule has 1 aliphatic heterocycles. The van der Waals surface area contributed by atoms with Crippen LogP contribution in [0.3, 0.4) is 0 Å². The number of aromatic nitrogens is 2. The first-order chi connectivity index (χ1) is 13.5. The van der Waals surface area contributed by atoms with Gasteiger partial charge >= 0.3 is 0 Å². The number of Topliss-reactive ketones (excluding diaryl/α,β-unsaturated/α-hetero) is 1. The second-order valence-corrected chi connectivity index (χ2v) is 7.49. The third kappa shape index (κ3) is 3.89. The van der Waals surface area contributed by atoms with Gasteiger partial charge in [-0.3, -0.25) is 19.3 Å². The Morgan fingerprint density at radius 1 is 1.18 bits per heavy atom.